The van der Waals surface area contributed by atoms with Crippen LogP contribution in [0.4, 0.5) is 17.3 Å². The van der Waals surface area contributed by atoms with E-state index in [1.165, 1.54) is 0 Å². The summed E-state index contributed by atoms with van der Waals surface area (Å²) in [6, 6.07) is 7.21. The van der Waals surface area contributed by atoms with E-state index in [0.717, 1.165) is 10.2 Å². The Morgan fingerprint density at radius 3 is 2.50 bits per heavy atom. The van der Waals surface area contributed by atoms with Crippen LogP contribution in [0.1, 0.15) is 26.6 Å². The number of rotatable bonds is 2. The van der Waals surface area contributed by atoms with Crippen LogP contribution in [-0.4, -0.2) is 9.97 Å². The van der Waals surface area contributed by atoms with E-state index in [9.17, 15) is 0 Å². The number of nitrogen functional groups attached to an aromatic ring is 1. The highest BCUT2D eigenvalue weighted by atomic mass is 79.9. The van der Waals surface area contributed by atoms with Gasteiger partial charge in [-0.3, -0.25) is 0 Å². The normalized spacial score (nSPS) is 11.4. The number of halogens is 2. The lowest BCUT2D eigenvalue weighted by molar-refractivity contribution is 0.547. The fraction of sp³-hybridized carbons (Fsp3) is 0.286. The molecule has 20 heavy (non-hydrogen) atoms. The molecular weight excluding hydrogens is 340 g/mol. The van der Waals surface area contributed by atoms with E-state index >= 15 is 0 Å². The zero-order chi connectivity index (χ0) is 14.9. The molecule has 0 unspecified atom stereocenters. The van der Waals surface area contributed by atoms with Gasteiger partial charge in [-0.15, -0.1) is 0 Å². The molecule has 0 radical (unpaired) electrons. The molecule has 0 aliphatic carbocycles. The summed E-state index contributed by atoms with van der Waals surface area (Å²) in [5.41, 5.74) is 6.55. The number of aromatic nitrogens is 2. The van der Waals surface area contributed by atoms with Gasteiger partial charge < -0.3 is 11.1 Å². The fourth-order valence-corrected chi connectivity index (χ4v) is 2.38. The summed E-state index contributed by atoms with van der Waals surface area (Å²) in [7, 11) is 0. The molecule has 0 aliphatic rings. The lowest BCUT2D eigenvalue weighted by Crippen LogP contribution is -2.17. The third-order valence-corrected chi connectivity index (χ3v) is 3.50. The van der Waals surface area contributed by atoms with Gasteiger partial charge in [0.25, 0.3) is 0 Å². The van der Waals surface area contributed by atoms with Crippen molar-refractivity contribution >= 4 is 44.9 Å². The van der Waals surface area contributed by atoms with Crippen molar-refractivity contribution in [2.45, 2.75) is 26.2 Å². The van der Waals surface area contributed by atoms with Crippen molar-refractivity contribution in [2.75, 3.05) is 11.1 Å². The highest BCUT2D eigenvalue weighted by molar-refractivity contribution is 9.10. The van der Waals surface area contributed by atoms with Crippen LogP contribution in [0.5, 0.6) is 0 Å². The highest BCUT2D eigenvalue weighted by Gasteiger charge is 2.18. The number of benzene rings is 1. The Balaban J connectivity index is 2.36. The van der Waals surface area contributed by atoms with Gasteiger partial charge in [0.1, 0.15) is 17.5 Å². The second kappa shape index (κ2) is 5.58. The molecule has 0 spiro atoms. The van der Waals surface area contributed by atoms with Crippen LogP contribution in [-0.2, 0) is 5.41 Å². The van der Waals surface area contributed by atoms with Crippen LogP contribution in [0.15, 0.2) is 28.7 Å². The number of anilines is 3. The van der Waals surface area contributed by atoms with Crippen molar-refractivity contribution in [2.24, 2.45) is 0 Å². The van der Waals surface area contributed by atoms with E-state index < -0.39 is 0 Å². The van der Waals surface area contributed by atoms with Crippen molar-refractivity contribution < 1.29 is 0 Å². The lowest BCUT2D eigenvalue weighted by atomic mass is 9.96. The van der Waals surface area contributed by atoms with Crippen LogP contribution < -0.4 is 11.1 Å². The Kier molecular flexibility index (Phi) is 4.20. The predicted molar refractivity (Wildman–Crippen MR) is 87.6 cm³/mol. The summed E-state index contributed by atoms with van der Waals surface area (Å²) in [5.74, 6) is 1.80. The largest absolute Gasteiger partial charge is 0.384 e. The Labute approximate surface area is 131 Å². The number of hydrogen-bond acceptors (Lipinski definition) is 4. The first-order valence-electron chi connectivity index (χ1n) is 6.13. The van der Waals surface area contributed by atoms with Gasteiger partial charge in [-0.1, -0.05) is 32.4 Å². The molecule has 1 aromatic heterocycles. The van der Waals surface area contributed by atoms with E-state index in [-0.39, 0.29) is 5.41 Å². The van der Waals surface area contributed by atoms with Crippen molar-refractivity contribution in [3.05, 3.63) is 39.6 Å². The monoisotopic (exact) mass is 354 g/mol. The number of nitrogens with two attached hydrogens (primary N) is 1. The molecule has 6 heteroatoms. The zero-order valence-corrected chi connectivity index (χ0v) is 13.9. The average Bonchev–Trinajstić information content (AvgIpc) is 2.31. The summed E-state index contributed by atoms with van der Waals surface area (Å²) in [6.45, 7) is 6.14. The van der Waals surface area contributed by atoms with E-state index in [0.29, 0.717) is 22.5 Å². The standard InChI is InChI=1S/C14H16BrClN4/c1-14(2,3)13-19-11(17)7-12(20-13)18-10-5-4-8(16)6-9(10)15/h4-7H,1-3H3,(H3,17,18,19,20). The molecule has 1 heterocycles. The molecular formula is C14H16BrClN4. The molecule has 0 bridgehead atoms. The fourth-order valence-electron chi connectivity index (χ4n) is 1.59. The molecule has 4 nitrogen and oxygen atoms in total. The minimum atomic E-state index is -0.164. The number of nitrogens with zero attached hydrogens (tertiary/aromatic N) is 2. The van der Waals surface area contributed by atoms with Crippen LogP contribution >= 0.6 is 27.5 Å². The first kappa shape index (κ1) is 15.1. The maximum Gasteiger partial charge on any atom is 0.138 e. The lowest BCUT2D eigenvalue weighted by Gasteiger charge is -2.18. The van der Waals surface area contributed by atoms with E-state index in [1.54, 1.807) is 6.07 Å². The molecule has 2 aromatic rings. The predicted octanol–water partition coefficient (Wildman–Crippen LogP) is 4.52. The maximum absolute atomic E-state index is 5.93. The molecule has 0 fully saturated rings. The third kappa shape index (κ3) is 3.61. The first-order chi connectivity index (χ1) is 9.25. The minimum absolute atomic E-state index is 0.164. The third-order valence-electron chi connectivity index (χ3n) is 2.61. The van der Waals surface area contributed by atoms with Gasteiger partial charge in [0.15, 0.2) is 0 Å². The van der Waals surface area contributed by atoms with Crippen LogP contribution in [0.2, 0.25) is 5.02 Å². The second-order valence-corrected chi connectivity index (χ2v) is 6.79. The van der Waals surface area contributed by atoms with E-state index in [4.69, 9.17) is 17.3 Å². The molecule has 1 aromatic carbocycles. The van der Waals surface area contributed by atoms with E-state index in [1.807, 2.05) is 39.0 Å². The molecule has 0 saturated carbocycles. The summed E-state index contributed by atoms with van der Waals surface area (Å²) in [6.07, 6.45) is 0. The summed E-state index contributed by atoms with van der Waals surface area (Å²) in [4.78, 5) is 8.78. The Bertz CT molecular complexity index is 638. The second-order valence-electron chi connectivity index (χ2n) is 5.50. The molecule has 0 aliphatic heterocycles. The van der Waals surface area contributed by atoms with Gasteiger partial charge in [0, 0.05) is 21.0 Å². The molecule has 106 valence electrons. The first-order valence-corrected chi connectivity index (χ1v) is 7.30. The van der Waals surface area contributed by atoms with E-state index in [2.05, 4.69) is 31.2 Å². The molecule has 0 atom stereocenters. The van der Waals surface area contributed by atoms with Crippen molar-refractivity contribution in [3.8, 4) is 0 Å². The van der Waals surface area contributed by atoms with Gasteiger partial charge in [0.2, 0.25) is 0 Å². The quantitative estimate of drug-likeness (QED) is 0.831. The smallest absolute Gasteiger partial charge is 0.138 e. The zero-order valence-electron chi connectivity index (χ0n) is 11.5. The van der Waals surface area contributed by atoms with Crippen LogP contribution in [0.25, 0.3) is 0 Å². The van der Waals surface area contributed by atoms with Crippen LogP contribution in [0, 0.1) is 0 Å². The average molecular weight is 356 g/mol. The van der Waals surface area contributed by atoms with Crippen molar-refractivity contribution in [1.29, 1.82) is 0 Å². The Morgan fingerprint density at radius 1 is 1.20 bits per heavy atom. The SMILES string of the molecule is CC(C)(C)c1nc(N)cc(Nc2ccc(Cl)cc2Br)n1. The summed E-state index contributed by atoms with van der Waals surface area (Å²) >= 11 is 9.39. The van der Waals surface area contributed by atoms with Gasteiger partial charge in [-0.2, -0.15) is 0 Å². The topological polar surface area (TPSA) is 63.8 Å². The van der Waals surface area contributed by atoms with Crippen molar-refractivity contribution in [1.82, 2.24) is 9.97 Å². The van der Waals surface area contributed by atoms with Gasteiger partial charge in [-0.05, 0) is 34.1 Å². The van der Waals surface area contributed by atoms with Gasteiger partial charge in [0.05, 0.1) is 5.69 Å². The number of nitrogens with one attached hydrogen (secondary N) is 1. The van der Waals surface area contributed by atoms with Gasteiger partial charge >= 0.3 is 0 Å². The summed E-state index contributed by atoms with van der Waals surface area (Å²) in [5, 5.41) is 3.88. The molecule has 2 rings (SSSR count). The molecule has 0 amide bonds. The minimum Gasteiger partial charge on any atom is -0.384 e. The van der Waals surface area contributed by atoms with Gasteiger partial charge in [-0.25, -0.2) is 9.97 Å². The number of hydrogen-bond donors (Lipinski definition) is 2. The maximum atomic E-state index is 5.93. The Morgan fingerprint density at radius 2 is 1.90 bits per heavy atom. The molecule has 0 saturated heterocycles. The summed E-state index contributed by atoms with van der Waals surface area (Å²) < 4.78 is 0.861. The van der Waals surface area contributed by atoms with Crippen LogP contribution in [0.3, 0.4) is 0 Å². The highest BCUT2D eigenvalue weighted by Crippen LogP contribution is 2.29. The molecule has 3 N–H and O–H groups in total. The Hall–Kier alpha value is -1.33. The van der Waals surface area contributed by atoms with Crippen molar-refractivity contribution in [3.63, 3.8) is 0 Å².